The van der Waals surface area contributed by atoms with Crippen LogP contribution in [0.2, 0.25) is 0 Å². The maximum absolute atomic E-state index is 9.31. The number of piperidine rings is 1. The minimum Gasteiger partial charge on any atom is -0.396 e. The molecule has 0 aromatic carbocycles. The molecular formula is C9H20N2O. The Bertz CT molecular complexity index is 136. The van der Waals surface area contributed by atoms with E-state index in [0.29, 0.717) is 6.54 Å². The van der Waals surface area contributed by atoms with Gasteiger partial charge >= 0.3 is 0 Å². The van der Waals surface area contributed by atoms with E-state index < -0.39 is 0 Å². The topological polar surface area (TPSA) is 49.5 Å². The van der Waals surface area contributed by atoms with E-state index in [1.807, 2.05) is 0 Å². The van der Waals surface area contributed by atoms with Crippen LogP contribution in [-0.2, 0) is 0 Å². The van der Waals surface area contributed by atoms with Crippen LogP contribution in [0, 0.1) is 5.41 Å². The van der Waals surface area contributed by atoms with Gasteiger partial charge in [-0.15, -0.1) is 0 Å². The molecule has 1 aliphatic rings. The molecule has 1 atom stereocenters. The van der Waals surface area contributed by atoms with Gasteiger partial charge in [-0.05, 0) is 39.4 Å². The highest BCUT2D eigenvalue weighted by Crippen LogP contribution is 2.31. The Morgan fingerprint density at radius 2 is 2.33 bits per heavy atom. The van der Waals surface area contributed by atoms with Crippen LogP contribution in [0.4, 0.5) is 0 Å². The first kappa shape index (κ1) is 9.96. The quantitative estimate of drug-likeness (QED) is 0.632. The van der Waals surface area contributed by atoms with Gasteiger partial charge in [-0.3, -0.25) is 0 Å². The highest BCUT2D eigenvalue weighted by atomic mass is 16.3. The summed E-state index contributed by atoms with van der Waals surface area (Å²) in [7, 11) is 2.11. The fraction of sp³-hybridized carbons (Fsp3) is 1.00. The summed E-state index contributed by atoms with van der Waals surface area (Å²) in [6.45, 7) is 3.13. The predicted molar refractivity (Wildman–Crippen MR) is 49.9 cm³/mol. The Kier molecular flexibility index (Phi) is 3.50. The van der Waals surface area contributed by atoms with Gasteiger partial charge in [0, 0.05) is 18.6 Å². The zero-order chi connectivity index (χ0) is 9.03. The van der Waals surface area contributed by atoms with Crippen molar-refractivity contribution >= 4 is 0 Å². The van der Waals surface area contributed by atoms with Gasteiger partial charge in [0.2, 0.25) is 0 Å². The second kappa shape index (κ2) is 4.21. The Morgan fingerprint density at radius 3 is 2.83 bits per heavy atom. The van der Waals surface area contributed by atoms with Gasteiger partial charge in [-0.2, -0.15) is 0 Å². The zero-order valence-corrected chi connectivity index (χ0v) is 7.92. The van der Waals surface area contributed by atoms with E-state index in [0.717, 1.165) is 25.9 Å². The third-order valence-corrected chi connectivity index (χ3v) is 2.86. The molecular weight excluding hydrogens is 152 g/mol. The largest absolute Gasteiger partial charge is 0.396 e. The second-order valence-electron chi connectivity index (χ2n) is 4.04. The molecule has 1 heterocycles. The first-order valence-corrected chi connectivity index (χ1v) is 4.72. The molecule has 0 aromatic rings. The number of likely N-dealkylation sites (tertiary alicyclic amines) is 1. The van der Waals surface area contributed by atoms with Gasteiger partial charge in [0.1, 0.15) is 0 Å². The van der Waals surface area contributed by atoms with E-state index in [4.69, 9.17) is 5.73 Å². The molecule has 0 saturated carbocycles. The van der Waals surface area contributed by atoms with Gasteiger partial charge < -0.3 is 15.7 Å². The normalized spacial score (nSPS) is 32.2. The minimum atomic E-state index is 0.0990. The summed E-state index contributed by atoms with van der Waals surface area (Å²) in [5.41, 5.74) is 5.63. The average molecular weight is 172 g/mol. The molecule has 0 aliphatic carbocycles. The van der Waals surface area contributed by atoms with Crippen LogP contribution in [0.5, 0.6) is 0 Å². The molecule has 0 radical (unpaired) electrons. The van der Waals surface area contributed by atoms with Crippen molar-refractivity contribution in [2.75, 3.05) is 33.3 Å². The number of hydrogen-bond donors (Lipinski definition) is 2. The molecule has 0 amide bonds. The number of rotatable bonds is 3. The molecule has 1 saturated heterocycles. The summed E-state index contributed by atoms with van der Waals surface area (Å²) in [5.74, 6) is 0. The van der Waals surface area contributed by atoms with Crippen molar-refractivity contribution in [3.63, 3.8) is 0 Å². The molecule has 1 unspecified atom stereocenters. The van der Waals surface area contributed by atoms with Crippen LogP contribution in [0.1, 0.15) is 19.3 Å². The Labute approximate surface area is 74.5 Å². The summed E-state index contributed by atoms with van der Waals surface area (Å²) >= 11 is 0. The lowest BCUT2D eigenvalue weighted by atomic mass is 9.78. The highest BCUT2D eigenvalue weighted by Gasteiger charge is 2.32. The molecule has 3 nitrogen and oxygen atoms in total. The predicted octanol–water partition coefficient (Wildman–Crippen LogP) is 0.0395. The fourth-order valence-electron chi connectivity index (χ4n) is 2.17. The third-order valence-electron chi connectivity index (χ3n) is 2.86. The van der Waals surface area contributed by atoms with Crippen molar-refractivity contribution < 1.29 is 5.11 Å². The Balaban J connectivity index is 2.51. The first-order chi connectivity index (χ1) is 5.72. The third kappa shape index (κ3) is 2.19. The summed E-state index contributed by atoms with van der Waals surface area (Å²) in [6.07, 6.45) is 3.27. The number of nitrogens with zero attached hydrogens (tertiary/aromatic N) is 1. The summed E-state index contributed by atoms with van der Waals surface area (Å²) in [6, 6.07) is 0. The van der Waals surface area contributed by atoms with Crippen molar-refractivity contribution in [1.82, 2.24) is 4.90 Å². The van der Waals surface area contributed by atoms with Crippen molar-refractivity contribution in [2.45, 2.75) is 19.3 Å². The first-order valence-electron chi connectivity index (χ1n) is 4.72. The van der Waals surface area contributed by atoms with Crippen molar-refractivity contribution in [2.24, 2.45) is 11.1 Å². The lowest BCUT2D eigenvalue weighted by Gasteiger charge is -2.40. The van der Waals surface area contributed by atoms with Gasteiger partial charge in [-0.1, -0.05) is 0 Å². The lowest BCUT2D eigenvalue weighted by molar-refractivity contribution is 0.0385. The van der Waals surface area contributed by atoms with Crippen molar-refractivity contribution in [1.29, 1.82) is 0 Å². The molecule has 1 aliphatic heterocycles. The molecule has 12 heavy (non-hydrogen) atoms. The van der Waals surface area contributed by atoms with E-state index in [9.17, 15) is 5.11 Å². The maximum atomic E-state index is 9.31. The van der Waals surface area contributed by atoms with Crippen molar-refractivity contribution in [3.8, 4) is 0 Å². The summed E-state index contributed by atoms with van der Waals surface area (Å²) in [4.78, 5) is 2.29. The summed E-state index contributed by atoms with van der Waals surface area (Å²) in [5, 5.41) is 9.31. The molecule has 0 spiro atoms. The number of nitrogens with two attached hydrogens (primary N) is 1. The Hall–Kier alpha value is -0.120. The monoisotopic (exact) mass is 172 g/mol. The fourth-order valence-corrected chi connectivity index (χ4v) is 2.17. The molecule has 0 bridgehead atoms. The van der Waals surface area contributed by atoms with E-state index in [2.05, 4.69) is 11.9 Å². The molecule has 72 valence electrons. The van der Waals surface area contributed by atoms with Crippen LogP contribution in [0.3, 0.4) is 0 Å². The van der Waals surface area contributed by atoms with Crippen LogP contribution >= 0.6 is 0 Å². The molecule has 1 rings (SSSR count). The SMILES string of the molecule is CN1CCCC(CO)(CCN)C1. The number of hydrogen-bond acceptors (Lipinski definition) is 3. The van der Waals surface area contributed by atoms with Crippen molar-refractivity contribution in [3.05, 3.63) is 0 Å². The van der Waals surface area contributed by atoms with Crippen LogP contribution in [0.25, 0.3) is 0 Å². The Morgan fingerprint density at radius 1 is 1.58 bits per heavy atom. The molecule has 3 N–H and O–H groups in total. The van der Waals surface area contributed by atoms with Gasteiger partial charge in [-0.25, -0.2) is 0 Å². The highest BCUT2D eigenvalue weighted by molar-refractivity contribution is 4.85. The van der Waals surface area contributed by atoms with Gasteiger partial charge in [0.15, 0.2) is 0 Å². The zero-order valence-electron chi connectivity index (χ0n) is 7.92. The van der Waals surface area contributed by atoms with Crippen LogP contribution < -0.4 is 5.73 Å². The minimum absolute atomic E-state index is 0.0990. The average Bonchev–Trinajstić information content (AvgIpc) is 2.05. The standard InChI is InChI=1S/C9H20N2O/c1-11-6-2-3-9(7-11,8-12)4-5-10/h12H,2-8,10H2,1H3. The van der Waals surface area contributed by atoms with E-state index >= 15 is 0 Å². The molecule has 3 heteroatoms. The maximum Gasteiger partial charge on any atom is 0.0500 e. The molecule has 1 fully saturated rings. The van der Waals surface area contributed by atoms with Gasteiger partial charge in [0.05, 0.1) is 0 Å². The smallest absolute Gasteiger partial charge is 0.0500 e. The van der Waals surface area contributed by atoms with Gasteiger partial charge in [0.25, 0.3) is 0 Å². The van der Waals surface area contributed by atoms with E-state index in [1.54, 1.807) is 0 Å². The molecule has 0 aromatic heterocycles. The number of aliphatic hydroxyl groups is 1. The lowest BCUT2D eigenvalue weighted by Crippen LogP contribution is -2.44. The number of aliphatic hydroxyl groups excluding tert-OH is 1. The van der Waals surface area contributed by atoms with Crippen LogP contribution in [-0.4, -0.2) is 43.3 Å². The summed E-state index contributed by atoms with van der Waals surface area (Å²) < 4.78 is 0. The second-order valence-corrected chi connectivity index (χ2v) is 4.04. The van der Waals surface area contributed by atoms with E-state index in [1.165, 1.54) is 6.42 Å². The van der Waals surface area contributed by atoms with Crippen LogP contribution in [0.15, 0.2) is 0 Å². The van der Waals surface area contributed by atoms with E-state index in [-0.39, 0.29) is 12.0 Å².